The molecule has 1 aliphatic heterocycles. The van der Waals surface area contributed by atoms with Crippen molar-refractivity contribution >= 4 is 17.4 Å². The molecule has 0 saturated carbocycles. The Morgan fingerprint density at radius 1 is 1.21 bits per heavy atom. The summed E-state index contributed by atoms with van der Waals surface area (Å²) in [6.07, 6.45) is 3.82. The lowest BCUT2D eigenvalue weighted by Gasteiger charge is -2.23. The van der Waals surface area contributed by atoms with Crippen LogP contribution in [0.3, 0.4) is 0 Å². The monoisotopic (exact) mass is 455 g/mol. The molecule has 2 unspecified atom stereocenters. The standard InChI is InChI=1S/C25H25N7O2/c26-7-6-14-2-1-3-15(8-14)12-29-20-13-30-22-11-18(23(24(28)33)32(22)25(20)34)17-9-16-4-5-21(27)31-19(16)10-17/h1-5,8,13,17-18,23,29H,6,9-12H2,(H2,27,31)(H2,28,33)/t17?,18?,23-/m0/s1. The van der Waals surface area contributed by atoms with E-state index in [1.807, 2.05) is 30.3 Å². The molecule has 5 N–H and O–H groups in total. The van der Waals surface area contributed by atoms with Gasteiger partial charge >= 0.3 is 0 Å². The van der Waals surface area contributed by atoms with Crippen LogP contribution in [0, 0.1) is 23.2 Å². The van der Waals surface area contributed by atoms with Gasteiger partial charge in [0.1, 0.15) is 23.4 Å². The third kappa shape index (κ3) is 3.88. The van der Waals surface area contributed by atoms with Crippen LogP contribution in [0.15, 0.2) is 47.4 Å². The number of carbonyl (C=O) groups excluding carboxylic acids is 1. The smallest absolute Gasteiger partial charge is 0.277 e. The predicted octanol–water partition coefficient (Wildman–Crippen LogP) is 1.51. The van der Waals surface area contributed by atoms with Crippen LogP contribution in [-0.2, 0) is 37.0 Å². The highest BCUT2D eigenvalue weighted by Crippen LogP contribution is 2.41. The molecular formula is C25H25N7O2. The number of aromatic nitrogens is 3. The minimum Gasteiger partial charge on any atom is -0.384 e. The molecular weight excluding hydrogens is 430 g/mol. The minimum absolute atomic E-state index is 0.127. The van der Waals surface area contributed by atoms with E-state index in [0.717, 1.165) is 28.8 Å². The number of pyridine rings is 1. The Morgan fingerprint density at radius 3 is 2.82 bits per heavy atom. The number of nitrogens with two attached hydrogens (primary N) is 2. The number of anilines is 2. The second kappa shape index (κ2) is 8.63. The van der Waals surface area contributed by atoms with Crippen LogP contribution in [-0.4, -0.2) is 20.4 Å². The van der Waals surface area contributed by atoms with Gasteiger partial charge in [-0.2, -0.15) is 5.26 Å². The molecule has 1 aliphatic carbocycles. The van der Waals surface area contributed by atoms with Gasteiger partial charge < -0.3 is 16.8 Å². The maximum absolute atomic E-state index is 13.4. The number of nitriles is 1. The largest absolute Gasteiger partial charge is 0.384 e. The van der Waals surface area contributed by atoms with Crippen molar-refractivity contribution < 1.29 is 4.79 Å². The summed E-state index contributed by atoms with van der Waals surface area (Å²) >= 11 is 0. The number of benzene rings is 1. The van der Waals surface area contributed by atoms with E-state index < -0.39 is 11.9 Å². The van der Waals surface area contributed by atoms with Gasteiger partial charge in [0.15, 0.2) is 0 Å². The summed E-state index contributed by atoms with van der Waals surface area (Å²) in [5.41, 5.74) is 15.6. The summed E-state index contributed by atoms with van der Waals surface area (Å²) in [5.74, 6) is 0.516. The van der Waals surface area contributed by atoms with E-state index >= 15 is 0 Å². The maximum atomic E-state index is 13.4. The number of rotatable bonds is 6. The van der Waals surface area contributed by atoms with Crippen LogP contribution >= 0.6 is 0 Å². The van der Waals surface area contributed by atoms with Gasteiger partial charge in [0.2, 0.25) is 5.91 Å². The van der Waals surface area contributed by atoms with E-state index in [0.29, 0.717) is 43.1 Å². The fraction of sp³-hybridized carbons (Fsp3) is 0.320. The lowest BCUT2D eigenvalue weighted by molar-refractivity contribution is -0.122. The second-order valence-corrected chi connectivity index (χ2v) is 9.00. The van der Waals surface area contributed by atoms with Crippen molar-refractivity contribution in [1.82, 2.24) is 14.5 Å². The topological polar surface area (TPSA) is 153 Å². The molecule has 3 aromatic rings. The number of fused-ring (bicyclic) bond motifs is 2. The Bertz CT molecular complexity index is 1370. The average molecular weight is 456 g/mol. The van der Waals surface area contributed by atoms with Gasteiger partial charge in [-0.05, 0) is 47.4 Å². The van der Waals surface area contributed by atoms with Gasteiger partial charge in [-0.25, -0.2) is 9.97 Å². The van der Waals surface area contributed by atoms with Crippen molar-refractivity contribution in [3.63, 3.8) is 0 Å². The highest BCUT2D eigenvalue weighted by molar-refractivity contribution is 5.79. The van der Waals surface area contributed by atoms with E-state index in [-0.39, 0.29) is 17.4 Å². The number of amides is 1. The van der Waals surface area contributed by atoms with Crippen molar-refractivity contribution in [3.8, 4) is 6.07 Å². The van der Waals surface area contributed by atoms with Gasteiger partial charge in [-0.3, -0.25) is 14.2 Å². The lowest BCUT2D eigenvalue weighted by atomic mass is 9.83. The molecule has 0 radical (unpaired) electrons. The Hall–Kier alpha value is -4.19. The molecule has 1 aromatic carbocycles. The second-order valence-electron chi connectivity index (χ2n) is 9.00. The summed E-state index contributed by atoms with van der Waals surface area (Å²) in [7, 11) is 0. The van der Waals surface area contributed by atoms with Gasteiger partial charge in [-0.15, -0.1) is 0 Å². The van der Waals surface area contributed by atoms with E-state index in [1.165, 1.54) is 10.8 Å². The number of hydrogen-bond donors (Lipinski definition) is 3. The first-order valence-electron chi connectivity index (χ1n) is 11.3. The molecule has 9 nitrogen and oxygen atoms in total. The highest BCUT2D eigenvalue weighted by atomic mass is 16.2. The van der Waals surface area contributed by atoms with Crippen LogP contribution in [0.1, 0.15) is 34.3 Å². The third-order valence-electron chi connectivity index (χ3n) is 6.85. The van der Waals surface area contributed by atoms with Crippen molar-refractivity contribution in [2.24, 2.45) is 17.6 Å². The quantitative estimate of drug-likeness (QED) is 0.509. The van der Waals surface area contributed by atoms with Crippen LogP contribution in [0.5, 0.6) is 0 Å². The Kier molecular flexibility index (Phi) is 5.49. The highest BCUT2D eigenvalue weighted by Gasteiger charge is 2.44. The minimum atomic E-state index is -0.757. The Labute approximate surface area is 196 Å². The molecule has 0 spiro atoms. The zero-order valence-electron chi connectivity index (χ0n) is 18.6. The molecule has 1 amide bonds. The maximum Gasteiger partial charge on any atom is 0.277 e. The molecule has 2 aromatic heterocycles. The molecule has 2 aliphatic rings. The van der Waals surface area contributed by atoms with E-state index in [9.17, 15) is 9.59 Å². The summed E-state index contributed by atoms with van der Waals surface area (Å²) < 4.78 is 1.46. The fourth-order valence-corrected chi connectivity index (χ4v) is 5.29. The van der Waals surface area contributed by atoms with Crippen LogP contribution in [0.25, 0.3) is 0 Å². The van der Waals surface area contributed by atoms with Crippen molar-refractivity contribution in [1.29, 1.82) is 5.26 Å². The number of nitrogens with one attached hydrogen (secondary N) is 1. The molecule has 34 heavy (non-hydrogen) atoms. The Morgan fingerprint density at radius 2 is 2.03 bits per heavy atom. The molecule has 172 valence electrons. The molecule has 0 bridgehead atoms. The molecule has 3 heterocycles. The SMILES string of the molecule is N#CCc1cccc(CNc2cnc3n(c2=O)[C@H](C(N)=O)C(C2Cc4ccc(N)nc4C2)C3)c1. The van der Waals surface area contributed by atoms with Crippen molar-refractivity contribution in [2.45, 2.75) is 38.3 Å². The molecule has 0 fully saturated rings. The first-order chi connectivity index (χ1) is 16.4. The zero-order chi connectivity index (χ0) is 23.8. The summed E-state index contributed by atoms with van der Waals surface area (Å²) in [5, 5.41) is 12.1. The van der Waals surface area contributed by atoms with Crippen LogP contribution < -0.4 is 22.3 Å². The molecule has 5 rings (SSSR count). The van der Waals surface area contributed by atoms with Gasteiger partial charge in [-0.1, -0.05) is 30.3 Å². The molecule has 3 atom stereocenters. The van der Waals surface area contributed by atoms with Gasteiger partial charge in [0, 0.05) is 18.7 Å². The van der Waals surface area contributed by atoms with Crippen LogP contribution in [0.4, 0.5) is 11.5 Å². The summed E-state index contributed by atoms with van der Waals surface area (Å²) in [6, 6.07) is 12.8. The first kappa shape index (κ1) is 21.6. The number of nitrogens with zero attached hydrogens (tertiary/aromatic N) is 4. The number of nitrogen functional groups attached to an aromatic ring is 1. The molecule has 9 heteroatoms. The van der Waals surface area contributed by atoms with Gasteiger partial charge in [0.05, 0.1) is 18.7 Å². The number of primary amides is 1. The third-order valence-corrected chi connectivity index (χ3v) is 6.85. The zero-order valence-corrected chi connectivity index (χ0v) is 18.6. The van der Waals surface area contributed by atoms with Crippen molar-refractivity contribution in [2.75, 3.05) is 11.1 Å². The first-order valence-corrected chi connectivity index (χ1v) is 11.3. The van der Waals surface area contributed by atoms with Gasteiger partial charge in [0.25, 0.3) is 5.56 Å². The predicted molar refractivity (Wildman–Crippen MR) is 127 cm³/mol. The number of carbonyl (C=O) groups is 1. The van der Waals surface area contributed by atoms with E-state index in [2.05, 4.69) is 21.4 Å². The average Bonchev–Trinajstić information content (AvgIpc) is 3.41. The molecule has 0 saturated heterocycles. The number of hydrogen-bond acceptors (Lipinski definition) is 7. The summed E-state index contributed by atoms with van der Waals surface area (Å²) in [4.78, 5) is 34.9. The van der Waals surface area contributed by atoms with Crippen LogP contribution in [0.2, 0.25) is 0 Å². The normalized spacial score (nSPS) is 20.4. The van der Waals surface area contributed by atoms with E-state index in [4.69, 9.17) is 16.7 Å². The van der Waals surface area contributed by atoms with E-state index in [1.54, 1.807) is 6.07 Å². The fourth-order valence-electron chi connectivity index (χ4n) is 5.29. The van der Waals surface area contributed by atoms with Crippen molar-refractivity contribution in [3.05, 3.63) is 81.2 Å². The Balaban J connectivity index is 1.39. The summed E-state index contributed by atoms with van der Waals surface area (Å²) in [6.45, 7) is 0.394. The lowest BCUT2D eigenvalue weighted by Crippen LogP contribution is -2.38.